The van der Waals surface area contributed by atoms with Gasteiger partial charge in [-0.3, -0.25) is 4.79 Å². The smallest absolute Gasteiger partial charge is 0.302 e. The molecule has 0 saturated carbocycles. The van der Waals surface area contributed by atoms with E-state index in [4.69, 9.17) is 14.0 Å². The van der Waals surface area contributed by atoms with Crippen LogP contribution in [0.1, 0.15) is 27.7 Å². The van der Waals surface area contributed by atoms with Gasteiger partial charge in [0.2, 0.25) is 0 Å². The van der Waals surface area contributed by atoms with Crippen LogP contribution in [-0.4, -0.2) is 31.6 Å². The van der Waals surface area contributed by atoms with E-state index >= 15 is 0 Å². The summed E-state index contributed by atoms with van der Waals surface area (Å²) in [4.78, 5) is 10.9. The normalized spacial score (nSPS) is 38.2. The Labute approximate surface area is 113 Å². The maximum Gasteiger partial charge on any atom is 0.302 e. The summed E-state index contributed by atoms with van der Waals surface area (Å²) < 4.78 is 16.8. The van der Waals surface area contributed by atoms with Gasteiger partial charge in [-0.1, -0.05) is 29.7 Å². The minimum absolute atomic E-state index is 0.0787. The van der Waals surface area contributed by atoms with Crippen LogP contribution >= 0.6 is 16.8 Å². The van der Waals surface area contributed by atoms with E-state index in [-0.39, 0.29) is 18.4 Å². The van der Waals surface area contributed by atoms with Crippen LogP contribution in [-0.2, 0) is 18.8 Å². The molecule has 1 saturated heterocycles. The number of hydrogen-bond acceptors (Lipinski definition) is 4. The Morgan fingerprint density at radius 2 is 1.89 bits per heavy atom. The molecule has 106 valence electrons. The number of esters is 1. The molecule has 4 nitrogen and oxygen atoms in total. The fraction of sp³-hybridized carbons (Fsp3) is 0.917. The summed E-state index contributed by atoms with van der Waals surface area (Å²) in [6, 6.07) is 0. The molecule has 0 spiro atoms. The Balaban J connectivity index is 2.64. The van der Waals surface area contributed by atoms with Crippen molar-refractivity contribution in [1.29, 1.82) is 0 Å². The van der Waals surface area contributed by atoms with Crippen molar-refractivity contribution in [3.63, 3.8) is 0 Å². The molecule has 18 heavy (non-hydrogen) atoms. The lowest BCUT2D eigenvalue weighted by Crippen LogP contribution is -2.47. The molecule has 0 bridgehead atoms. The van der Waals surface area contributed by atoms with Gasteiger partial charge < -0.3 is 14.0 Å². The Morgan fingerprint density at radius 1 is 1.28 bits per heavy atom. The molecule has 0 N–H and O–H groups in total. The molecule has 7 atom stereocenters. The third-order valence-electron chi connectivity index (χ3n) is 3.70. The highest BCUT2D eigenvalue weighted by atomic mass is 32.0. The van der Waals surface area contributed by atoms with Crippen LogP contribution in [0, 0.1) is 17.8 Å². The number of hydrogen-bond donors (Lipinski definition) is 0. The van der Waals surface area contributed by atoms with Crippen LogP contribution < -0.4 is 0 Å². The van der Waals surface area contributed by atoms with Gasteiger partial charge in [-0.15, -0.1) is 0 Å². The van der Waals surface area contributed by atoms with Crippen molar-refractivity contribution in [2.75, 3.05) is 13.3 Å². The SMILES string of the molecule is CC(=O)OCC1O[C@@H](OP(C)P)C(C)[C@@H](C)[C@@H]1C. The summed E-state index contributed by atoms with van der Waals surface area (Å²) in [5.74, 6) is 0.911. The van der Waals surface area contributed by atoms with Crippen LogP contribution in [0.4, 0.5) is 0 Å². The number of carbonyl (C=O) groups excluding carboxylic acids is 1. The fourth-order valence-corrected chi connectivity index (χ4v) is 3.09. The van der Waals surface area contributed by atoms with E-state index in [0.29, 0.717) is 24.4 Å². The van der Waals surface area contributed by atoms with Crippen LogP contribution in [0.5, 0.6) is 0 Å². The summed E-state index contributed by atoms with van der Waals surface area (Å²) in [7, 11) is 2.13. The summed E-state index contributed by atoms with van der Waals surface area (Å²) in [6.45, 7) is 10.3. The van der Waals surface area contributed by atoms with Gasteiger partial charge >= 0.3 is 5.97 Å². The molecule has 1 aliphatic heterocycles. The summed E-state index contributed by atoms with van der Waals surface area (Å²) in [6.07, 6.45) is -0.282. The quantitative estimate of drug-likeness (QED) is 0.590. The van der Waals surface area contributed by atoms with Crippen LogP contribution in [0.2, 0.25) is 0 Å². The molecule has 0 aromatic carbocycles. The number of carbonyl (C=O) groups is 1. The zero-order valence-electron chi connectivity index (χ0n) is 11.8. The van der Waals surface area contributed by atoms with Crippen molar-refractivity contribution >= 4 is 22.7 Å². The molecule has 4 unspecified atom stereocenters. The zero-order valence-corrected chi connectivity index (χ0v) is 13.8. The van der Waals surface area contributed by atoms with Gasteiger partial charge in [0, 0.05) is 20.7 Å². The summed E-state index contributed by atoms with van der Waals surface area (Å²) in [5, 5.41) is 0. The molecule has 1 fully saturated rings. The first-order valence-electron chi connectivity index (χ1n) is 6.27. The van der Waals surface area contributed by atoms with Gasteiger partial charge in [0.05, 0.1) is 6.10 Å². The minimum Gasteiger partial charge on any atom is -0.463 e. The predicted octanol–water partition coefficient (Wildman–Crippen LogP) is 3.02. The van der Waals surface area contributed by atoms with E-state index in [1.807, 2.05) is 6.66 Å². The Kier molecular flexibility index (Phi) is 6.47. The molecule has 0 amide bonds. The molecule has 0 aliphatic carbocycles. The van der Waals surface area contributed by atoms with Gasteiger partial charge in [0.15, 0.2) is 6.29 Å². The Morgan fingerprint density at radius 3 is 2.39 bits per heavy atom. The van der Waals surface area contributed by atoms with Gasteiger partial charge in [-0.25, -0.2) is 0 Å². The molecule has 1 rings (SSSR count). The second-order valence-electron chi connectivity index (χ2n) is 5.07. The first-order chi connectivity index (χ1) is 8.32. The monoisotopic (exact) mass is 294 g/mol. The molecule has 1 aliphatic rings. The second-order valence-corrected chi connectivity index (χ2v) is 8.56. The van der Waals surface area contributed by atoms with Gasteiger partial charge in [0.1, 0.15) is 6.61 Å². The fourth-order valence-electron chi connectivity index (χ4n) is 2.16. The zero-order chi connectivity index (χ0) is 13.9. The molecule has 6 heteroatoms. The van der Waals surface area contributed by atoms with E-state index in [1.165, 1.54) is 6.92 Å². The van der Waals surface area contributed by atoms with Crippen molar-refractivity contribution in [1.82, 2.24) is 0 Å². The predicted molar refractivity (Wildman–Crippen MR) is 76.4 cm³/mol. The Hall–Kier alpha value is 0.250. The largest absolute Gasteiger partial charge is 0.463 e. The third kappa shape index (κ3) is 4.42. The maximum atomic E-state index is 10.9. The highest BCUT2D eigenvalue weighted by molar-refractivity contribution is 8.10. The lowest BCUT2D eigenvalue weighted by molar-refractivity contribution is -0.220. The molecule has 0 radical (unpaired) electrons. The van der Waals surface area contributed by atoms with E-state index in [1.54, 1.807) is 0 Å². The average molecular weight is 294 g/mol. The standard InChI is InChI=1S/C12H24O4P2/c1-7-8(2)11(6-14-10(4)13)15-12(9(7)3)16-18(5)17/h7-9,11-12H,6,17H2,1-5H3/t7-,8-,9?,11?,12-,18?/m0/s1. The molecule has 0 aromatic heterocycles. The van der Waals surface area contributed by atoms with Crippen molar-refractivity contribution in [3.05, 3.63) is 0 Å². The molecule has 0 aromatic rings. The molecular formula is C12H24O4P2. The second kappa shape index (κ2) is 7.14. The highest BCUT2D eigenvalue weighted by Gasteiger charge is 2.40. The van der Waals surface area contributed by atoms with Crippen molar-refractivity contribution < 1.29 is 18.8 Å². The Bertz CT molecular complexity index is 285. The maximum absolute atomic E-state index is 10.9. The van der Waals surface area contributed by atoms with Gasteiger partial charge in [-0.05, 0) is 18.5 Å². The lowest BCUT2D eigenvalue weighted by atomic mass is 9.79. The van der Waals surface area contributed by atoms with Crippen LogP contribution in [0.25, 0.3) is 0 Å². The lowest BCUT2D eigenvalue weighted by Gasteiger charge is -2.43. The highest BCUT2D eigenvalue weighted by Crippen LogP contribution is 2.47. The average Bonchev–Trinajstić information content (AvgIpc) is 2.27. The van der Waals surface area contributed by atoms with E-state index in [9.17, 15) is 4.79 Å². The topological polar surface area (TPSA) is 44.8 Å². The van der Waals surface area contributed by atoms with E-state index in [2.05, 4.69) is 29.7 Å². The third-order valence-corrected chi connectivity index (χ3v) is 4.61. The number of ether oxygens (including phenoxy) is 2. The van der Waals surface area contributed by atoms with Crippen LogP contribution in [0.3, 0.4) is 0 Å². The molecular weight excluding hydrogens is 270 g/mol. The van der Waals surface area contributed by atoms with E-state index in [0.717, 1.165) is 0 Å². The van der Waals surface area contributed by atoms with Gasteiger partial charge in [-0.2, -0.15) is 0 Å². The molecule has 1 heterocycles. The number of rotatable bonds is 4. The minimum atomic E-state index is -0.540. The van der Waals surface area contributed by atoms with Crippen molar-refractivity contribution in [2.45, 2.75) is 40.1 Å². The first-order valence-corrected chi connectivity index (χ1v) is 9.59. The van der Waals surface area contributed by atoms with Gasteiger partial charge in [0.25, 0.3) is 0 Å². The van der Waals surface area contributed by atoms with Crippen molar-refractivity contribution in [2.24, 2.45) is 17.8 Å². The van der Waals surface area contributed by atoms with E-state index < -0.39 is 7.84 Å². The summed E-state index contributed by atoms with van der Waals surface area (Å²) >= 11 is 0. The summed E-state index contributed by atoms with van der Waals surface area (Å²) in [5.41, 5.74) is 0. The first kappa shape index (κ1) is 16.3. The van der Waals surface area contributed by atoms with Crippen molar-refractivity contribution in [3.8, 4) is 0 Å². The van der Waals surface area contributed by atoms with Crippen LogP contribution in [0.15, 0.2) is 0 Å².